The number of likely N-dealkylation sites (N-methyl/N-ethyl adjacent to an activating group) is 1. The fourth-order valence-corrected chi connectivity index (χ4v) is 5.44. The molecule has 2 N–H and O–H groups in total. The molecule has 2 aromatic heterocycles. The number of alkyl halides is 3. The number of amides is 1. The number of aromatic nitrogens is 3. The van der Waals surface area contributed by atoms with E-state index in [1.54, 1.807) is 0 Å². The first-order valence-corrected chi connectivity index (χ1v) is 13.6. The van der Waals surface area contributed by atoms with Crippen molar-refractivity contribution in [1.29, 1.82) is 0 Å². The van der Waals surface area contributed by atoms with Gasteiger partial charge in [-0.1, -0.05) is 60.7 Å². The van der Waals surface area contributed by atoms with Crippen molar-refractivity contribution in [3.63, 3.8) is 0 Å². The summed E-state index contributed by atoms with van der Waals surface area (Å²) < 4.78 is 31.7. The Morgan fingerprint density at radius 1 is 0.952 bits per heavy atom. The van der Waals surface area contributed by atoms with E-state index in [0.29, 0.717) is 13.1 Å². The van der Waals surface area contributed by atoms with Gasteiger partial charge in [-0.15, -0.1) is 0 Å². The Balaban J connectivity index is 0.000000451. The second-order valence-corrected chi connectivity index (χ2v) is 10.4. The topological polar surface area (TPSA) is 106 Å². The molecule has 0 saturated carbocycles. The Kier molecular flexibility index (Phi) is 8.55. The molecule has 0 aliphatic carbocycles. The number of carboxylic acid groups (broad SMARTS) is 1. The van der Waals surface area contributed by atoms with Gasteiger partial charge in [0.05, 0.1) is 11.1 Å². The minimum Gasteiger partial charge on any atom is -0.475 e. The Bertz CT molecular complexity index is 1540. The van der Waals surface area contributed by atoms with E-state index in [1.807, 2.05) is 47.5 Å². The number of piperazine rings is 1. The zero-order valence-corrected chi connectivity index (χ0v) is 23.0. The van der Waals surface area contributed by atoms with Gasteiger partial charge in [-0.3, -0.25) is 14.8 Å². The summed E-state index contributed by atoms with van der Waals surface area (Å²) >= 11 is 0. The Hall–Kier alpha value is -4.29. The molecule has 2 aliphatic rings. The van der Waals surface area contributed by atoms with Crippen LogP contribution in [0.15, 0.2) is 66.9 Å². The predicted molar refractivity (Wildman–Crippen MR) is 150 cm³/mol. The summed E-state index contributed by atoms with van der Waals surface area (Å²) in [4.78, 5) is 34.3. The van der Waals surface area contributed by atoms with E-state index in [9.17, 15) is 18.0 Å². The lowest BCUT2D eigenvalue weighted by Crippen LogP contribution is -2.51. The summed E-state index contributed by atoms with van der Waals surface area (Å²) in [6, 6.07) is 20.3. The summed E-state index contributed by atoms with van der Waals surface area (Å²) in [5.74, 6) is -2.57. The van der Waals surface area contributed by atoms with Crippen molar-refractivity contribution in [1.82, 2.24) is 29.9 Å². The van der Waals surface area contributed by atoms with Crippen molar-refractivity contribution in [2.24, 2.45) is 0 Å². The number of hydrogen-bond acceptors (Lipinski definition) is 6. The molecule has 1 unspecified atom stereocenters. The highest BCUT2D eigenvalue weighted by Crippen LogP contribution is 2.34. The van der Waals surface area contributed by atoms with Gasteiger partial charge in [0, 0.05) is 51.0 Å². The molecule has 1 saturated heterocycles. The largest absolute Gasteiger partial charge is 0.490 e. The van der Waals surface area contributed by atoms with Crippen molar-refractivity contribution in [3.05, 3.63) is 83.6 Å². The number of carbonyl (C=O) groups excluding carboxylic acids is 1. The van der Waals surface area contributed by atoms with Gasteiger partial charge in [-0.25, -0.2) is 9.78 Å². The molecule has 1 atom stereocenters. The minimum atomic E-state index is -5.08. The third-order valence-corrected chi connectivity index (χ3v) is 7.64. The number of fused-ring (bicyclic) bond motifs is 3. The van der Waals surface area contributed by atoms with Gasteiger partial charge in [0.25, 0.3) is 0 Å². The molecule has 4 aromatic rings. The van der Waals surface area contributed by atoms with Gasteiger partial charge < -0.3 is 14.9 Å². The lowest BCUT2D eigenvalue weighted by atomic mass is 9.94. The highest BCUT2D eigenvalue weighted by Gasteiger charge is 2.38. The maximum absolute atomic E-state index is 14.0. The van der Waals surface area contributed by atoms with Crippen LogP contribution in [0, 0.1) is 0 Å². The monoisotopic (exact) mass is 580 g/mol. The van der Waals surface area contributed by atoms with E-state index in [4.69, 9.17) is 9.90 Å². The molecular formula is C30H31F3N6O3. The van der Waals surface area contributed by atoms with Crippen LogP contribution in [0.2, 0.25) is 0 Å². The van der Waals surface area contributed by atoms with Gasteiger partial charge in [0.15, 0.2) is 5.65 Å². The molecule has 0 radical (unpaired) electrons. The predicted octanol–water partition coefficient (Wildman–Crippen LogP) is 4.13. The van der Waals surface area contributed by atoms with Crippen LogP contribution in [-0.4, -0.2) is 92.8 Å². The minimum absolute atomic E-state index is 0.182. The molecule has 2 aromatic carbocycles. The zero-order valence-electron chi connectivity index (χ0n) is 23.0. The fraction of sp³-hybridized carbons (Fsp3) is 0.333. The number of nitrogens with zero attached hydrogens (tertiary/aromatic N) is 5. The van der Waals surface area contributed by atoms with Crippen LogP contribution in [0.1, 0.15) is 22.7 Å². The van der Waals surface area contributed by atoms with Crippen LogP contribution in [0.25, 0.3) is 22.3 Å². The Labute approximate surface area is 240 Å². The van der Waals surface area contributed by atoms with Crippen LogP contribution in [0.5, 0.6) is 0 Å². The van der Waals surface area contributed by atoms with Gasteiger partial charge >= 0.3 is 12.1 Å². The molecule has 0 bridgehead atoms. The second kappa shape index (κ2) is 12.3. The maximum atomic E-state index is 14.0. The summed E-state index contributed by atoms with van der Waals surface area (Å²) in [6.07, 6.45) is -2.39. The van der Waals surface area contributed by atoms with Crippen molar-refractivity contribution in [2.75, 3.05) is 39.8 Å². The first-order valence-electron chi connectivity index (χ1n) is 13.6. The summed E-state index contributed by atoms with van der Waals surface area (Å²) in [5.41, 5.74) is 6.28. The van der Waals surface area contributed by atoms with Crippen LogP contribution in [0.3, 0.4) is 0 Å². The number of halogens is 3. The maximum Gasteiger partial charge on any atom is 0.490 e. The highest BCUT2D eigenvalue weighted by molar-refractivity contribution is 5.94. The summed E-state index contributed by atoms with van der Waals surface area (Å²) in [6.45, 7) is 5.01. The fourth-order valence-electron chi connectivity index (χ4n) is 5.44. The average molecular weight is 581 g/mol. The third kappa shape index (κ3) is 6.29. The number of hydrogen-bond donors (Lipinski definition) is 2. The second-order valence-electron chi connectivity index (χ2n) is 10.4. The molecule has 220 valence electrons. The number of aromatic amines is 1. The van der Waals surface area contributed by atoms with E-state index in [0.717, 1.165) is 66.0 Å². The molecule has 1 amide bonds. The molecule has 12 heteroatoms. The van der Waals surface area contributed by atoms with E-state index >= 15 is 0 Å². The molecule has 2 aliphatic heterocycles. The lowest BCUT2D eigenvalue weighted by Gasteiger charge is -2.40. The number of pyridine rings is 1. The molecule has 0 spiro atoms. The number of benzene rings is 2. The third-order valence-electron chi connectivity index (χ3n) is 7.64. The quantitative estimate of drug-likeness (QED) is 0.374. The molecule has 4 heterocycles. The summed E-state index contributed by atoms with van der Waals surface area (Å²) in [7, 11) is 2.14. The average Bonchev–Trinajstić information content (AvgIpc) is 3.44. The number of carbonyl (C=O) groups is 2. The zero-order chi connectivity index (χ0) is 29.9. The normalized spacial score (nSPS) is 16.8. The first kappa shape index (κ1) is 29.2. The van der Waals surface area contributed by atoms with E-state index in [-0.39, 0.29) is 11.9 Å². The SMILES string of the molecule is CN1CCN(C(C(=O)N2CCc3c(cnc4n[nH]c(-c5ccccc5)c34)C2)c2ccccc2)CC1.O=C(O)C(F)(F)F. The number of aliphatic carboxylic acids is 1. The van der Waals surface area contributed by atoms with E-state index in [2.05, 4.69) is 56.3 Å². The standard InChI is InChI=1S/C28H30N6O.C2HF3O2/c1-32-14-16-33(17-15-32)26(21-10-6-3-7-11-21)28(35)34-13-12-23-22(19-34)18-29-27-24(23)25(30-31-27)20-8-4-2-5-9-20;3-2(4,5)1(6)7/h2-11,18,26H,12-17,19H2,1H3,(H,29,30,31);(H,6,7). The Morgan fingerprint density at radius 2 is 1.57 bits per heavy atom. The van der Waals surface area contributed by atoms with Gasteiger partial charge in [0.2, 0.25) is 5.91 Å². The van der Waals surface area contributed by atoms with Crippen LogP contribution in [0.4, 0.5) is 13.2 Å². The lowest BCUT2D eigenvalue weighted by molar-refractivity contribution is -0.192. The molecule has 9 nitrogen and oxygen atoms in total. The van der Waals surface area contributed by atoms with Crippen molar-refractivity contribution in [3.8, 4) is 11.3 Å². The van der Waals surface area contributed by atoms with Crippen molar-refractivity contribution >= 4 is 22.9 Å². The first-order chi connectivity index (χ1) is 20.1. The molecule has 42 heavy (non-hydrogen) atoms. The highest BCUT2D eigenvalue weighted by atomic mass is 19.4. The molecule has 1 fully saturated rings. The van der Waals surface area contributed by atoms with Crippen LogP contribution in [-0.2, 0) is 22.6 Å². The number of nitrogens with one attached hydrogen (secondary N) is 1. The number of H-pyrrole nitrogens is 1. The van der Waals surface area contributed by atoms with Crippen molar-refractivity contribution in [2.45, 2.75) is 25.2 Å². The summed E-state index contributed by atoms with van der Waals surface area (Å²) in [5, 5.41) is 15.9. The van der Waals surface area contributed by atoms with Crippen LogP contribution >= 0.6 is 0 Å². The smallest absolute Gasteiger partial charge is 0.475 e. The number of rotatable bonds is 4. The van der Waals surface area contributed by atoms with E-state index in [1.165, 1.54) is 5.56 Å². The molecular weight excluding hydrogens is 549 g/mol. The van der Waals surface area contributed by atoms with Crippen LogP contribution < -0.4 is 0 Å². The number of carboxylic acids is 1. The van der Waals surface area contributed by atoms with Crippen molar-refractivity contribution < 1.29 is 27.9 Å². The molecule has 6 rings (SSSR count). The van der Waals surface area contributed by atoms with Gasteiger partial charge in [0.1, 0.15) is 6.04 Å². The Morgan fingerprint density at radius 3 is 2.19 bits per heavy atom. The van der Waals surface area contributed by atoms with Gasteiger partial charge in [-0.05, 0) is 30.2 Å². The van der Waals surface area contributed by atoms with Gasteiger partial charge in [-0.2, -0.15) is 18.3 Å². The van der Waals surface area contributed by atoms with E-state index < -0.39 is 12.1 Å².